The molecule has 0 bridgehead atoms. The van der Waals surface area contributed by atoms with Gasteiger partial charge in [-0.25, -0.2) is 4.79 Å². The molecule has 0 aromatic rings. The van der Waals surface area contributed by atoms with E-state index in [1.165, 1.54) is 0 Å². The molecule has 120 valence electrons. The van der Waals surface area contributed by atoms with Crippen LogP contribution in [0.5, 0.6) is 0 Å². The van der Waals surface area contributed by atoms with Crippen molar-refractivity contribution < 1.29 is 14.3 Å². The molecule has 5 heteroatoms. The third kappa shape index (κ3) is 15.2. The molecule has 1 amide bonds. The lowest BCUT2D eigenvalue weighted by molar-refractivity contribution is 0.0527. The summed E-state index contributed by atoms with van der Waals surface area (Å²) in [7, 11) is 0. The lowest BCUT2D eigenvalue weighted by atomic mass is 10.1. The van der Waals surface area contributed by atoms with Gasteiger partial charge in [0, 0.05) is 19.7 Å². The first-order valence-corrected chi connectivity index (χ1v) is 7.56. The third-order valence-corrected chi connectivity index (χ3v) is 2.46. The predicted octanol–water partition coefficient (Wildman–Crippen LogP) is 2.55. The van der Waals surface area contributed by atoms with Crippen molar-refractivity contribution in [3.63, 3.8) is 0 Å². The zero-order chi connectivity index (χ0) is 15.4. The highest BCUT2D eigenvalue weighted by Gasteiger charge is 2.15. The van der Waals surface area contributed by atoms with Crippen molar-refractivity contribution in [2.75, 3.05) is 32.8 Å². The standard InChI is InChI=1S/C15H32N2O3/c1-13(2)7-11-19-12-10-16-8-6-9-17-14(18)20-15(3,4)5/h13,16H,6-12H2,1-5H3,(H,17,18). The molecule has 0 aliphatic rings. The van der Waals surface area contributed by atoms with Crippen LogP contribution in [0.3, 0.4) is 0 Å². The third-order valence-electron chi connectivity index (χ3n) is 2.46. The first-order valence-electron chi connectivity index (χ1n) is 7.56. The molecule has 0 rings (SSSR count). The van der Waals surface area contributed by atoms with E-state index in [0.717, 1.165) is 39.1 Å². The van der Waals surface area contributed by atoms with Crippen molar-refractivity contribution in [3.8, 4) is 0 Å². The molecule has 0 heterocycles. The van der Waals surface area contributed by atoms with Gasteiger partial charge in [0.25, 0.3) is 0 Å². The summed E-state index contributed by atoms with van der Waals surface area (Å²) in [6.07, 6.45) is 1.64. The van der Waals surface area contributed by atoms with Crippen molar-refractivity contribution >= 4 is 6.09 Å². The Balaban J connectivity index is 3.23. The van der Waals surface area contributed by atoms with Gasteiger partial charge >= 0.3 is 6.09 Å². The van der Waals surface area contributed by atoms with Crippen molar-refractivity contribution in [3.05, 3.63) is 0 Å². The summed E-state index contributed by atoms with van der Waals surface area (Å²) in [6, 6.07) is 0. The van der Waals surface area contributed by atoms with Crippen LogP contribution in [0.15, 0.2) is 0 Å². The normalized spacial score (nSPS) is 11.7. The number of ether oxygens (including phenoxy) is 2. The Kier molecular flexibility index (Phi) is 10.5. The van der Waals surface area contributed by atoms with Crippen LogP contribution >= 0.6 is 0 Å². The van der Waals surface area contributed by atoms with Crippen LogP contribution in [0, 0.1) is 5.92 Å². The Morgan fingerprint density at radius 3 is 2.40 bits per heavy atom. The van der Waals surface area contributed by atoms with E-state index in [1.54, 1.807) is 0 Å². The monoisotopic (exact) mass is 288 g/mol. The van der Waals surface area contributed by atoms with Gasteiger partial charge in [0.15, 0.2) is 0 Å². The first kappa shape index (κ1) is 19.2. The minimum atomic E-state index is -0.435. The maximum absolute atomic E-state index is 11.3. The van der Waals surface area contributed by atoms with Gasteiger partial charge in [-0.2, -0.15) is 0 Å². The van der Waals surface area contributed by atoms with Crippen LogP contribution in [-0.2, 0) is 9.47 Å². The van der Waals surface area contributed by atoms with Gasteiger partial charge in [0.1, 0.15) is 5.60 Å². The molecule has 2 N–H and O–H groups in total. The van der Waals surface area contributed by atoms with Gasteiger partial charge in [-0.05, 0) is 46.1 Å². The summed E-state index contributed by atoms with van der Waals surface area (Å²) in [5.41, 5.74) is -0.435. The number of carbonyl (C=O) groups is 1. The summed E-state index contributed by atoms with van der Waals surface area (Å²) < 4.78 is 10.6. The SMILES string of the molecule is CC(C)CCOCCNCCCNC(=O)OC(C)(C)C. The quantitative estimate of drug-likeness (QED) is 0.607. The molecule has 0 aliphatic carbocycles. The van der Waals surface area contributed by atoms with E-state index in [4.69, 9.17) is 9.47 Å². The smallest absolute Gasteiger partial charge is 0.407 e. The van der Waals surface area contributed by atoms with Gasteiger partial charge in [0.2, 0.25) is 0 Å². The summed E-state index contributed by atoms with van der Waals surface area (Å²) in [4.78, 5) is 11.3. The number of alkyl carbamates (subject to hydrolysis) is 1. The van der Waals surface area contributed by atoms with Gasteiger partial charge < -0.3 is 20.1 Å². The molecule has 0 aromatic carbocycles. The average Bonchev–Trinajstić information content (AvgIpc) is 2.28. The molecule has 0 unspecified atom stereocenters. The van der Waals surface area contributed by atoms with E-state index in [1.807, 2.05) is 20.8 Å². The fourth-order valence-corrected chi connectivity index (χ4v) is 1.41. The van der Waals surface area contributed by atoms with E-state index in [0.29, 0.717) is 12.5 Å². The topological polar surface area (TPSA) is 59.6 Å². The highest BCUT2D eigenvalue weighted by molar-refractivity contribution is 5.67. The van der Waals surface area contributed by atoms with Gasteiger partial charge in [-0.15, -0.1) is 0 Å². The molecule has 0 radical (unpaired) electrons. The maximum Gasteiger partial charge on any atom is 0.407 e. The highest BCUT2D eigenvalue weighted by Crippen LogP contribution is 2.06. The molecular weight excluding hydrogens is 256 g/mol. The lowest BCUT2D eigenvalue weighted by Crippen LogP contribution is -2.34. The van der Waals surface area contributed by atoms with Gasteiger partial charge in [-0.1, -0.05) is 13.8 Å². The predicted molar refractivity (Wildman–Crippen MR) is 82.0 cm³/mol. The maximum atomic E-state index is 11.3. The average molecular weight is 288 g/mol. The van der Waals surface area contributed by atoms with Gasteiger partial charge in [-0.3, -0.25) is 0 Å². The van der Waals surface area contributed by atoms with Crippen molar-refractivity contribution in [1.82, 2.24) is 10.6 Å². The van der Waals surface area contributed by atoms with Crippen LogP contribution < -0.4 is 10.6 Å². The molecule has 0 aliphatic heterocycles. The Hall–Kier alpha value is -0.810. The van der Waals surface area contributed by atoms with E-state index in [9.17, 15) is 4.79 Å². The molecular formula is C15H32N2O3. The fraction of sp³-hybridized carbons (Fsp3) is 0.933. The van der Waals surface area contributed by atoms with E-state index >= 15 is 0 Å². The van der Waals surface area contributed by atoms with Crippen LogP contribution in [0.1, 0.15) is 47.5 Å². The lowest BCUT2D eigenvalue weighted by Gasteiger charge is -2.19. The zero-order valence-corrected chi connectivity index (χ0v) is 13.8. The Labute approximate surface area is 123 Å². The van der Waals surface area contributed by atoms with E-state index in [2.05, 4.69) is 24.5 Å². The number of nitrogens with one attached hydrogen (secondary N) is 2. The Bertz CT molecular complexity index is 250. The molecule has 0 saturated heterocycles. The van der Waals surface area contributed by atoms with Crippen LogP contribution in [0.2, 0.25) is 0 Å². The minimum Gasteiger partial charge on any atom is -0.444 e. The second-order valence-electron chi connectivity index (χ2n) is 6.33. The molecule has 0 aromatic heterocycles. The summed E-state index contributed by atoms with van der Waals surface area (Å²) >= 11 is 0. The Morgan fingerprint density at radius 1 is 1.10 bits per heavy atom. The summed E-state index contributed by atoms with van der Waals surface area (Å²) in [5.74, 6) is 0.696. The molecule has 5 nitrogen and oxygen atoms in total. The van der Waals surface area contributed by atoms with Crippen LogP contribution in [0.4, 0.5) is 4.79 Å². The first-order chi connectivity index (χ1) is 9.31. The molecule has 0 atom stereocenters. The number of hydrogen-bond donors (Lipinski definition) is 2. The number of rotatable bonds is 10. The van der Waals surface area contributed by atoms with Crippen molar-refractivity contribution in [2.24, 2.45) is 5.92 Å². The minimum absolute atomic E-state index is 0.352. The summed E-state index contributed by atoms with van der Waals surface area (Å²) in [5, 5.41) is 6.01. The van der Waals surface area contributed by atoms with Crippen molar-refractivity contribution in [1.29, 1.82) is 0 Å². The number of amides is 1. The zero-order valence-electron chi connectivity index (χ0n) is 13.8. The fourth-order valence-electron chi connectivity index (χ4n) is 1.41. The molecule has 0 saturated carbocycles. The largest absolute Gasteiger partial charge is 0.444 e. The highest BCUT2D eigenvalue weighted by atomic mass is 16.6. The second-order valence-corrected chi connectivity index (χ2v) is 6.33. The Morgan fingerprint density at radius 2 is 1.80 bits per heavy atom. The second kappa shape index (κ2) is 10.9. The van der Waals surface area contributed by atoms with Crippen LogP contribution in [0.25, 0.3) is 0 Å². The van der Waals surface area contributed by atoms with Crippen molar-refractivity contribution in [2.45, 2.75) is 53.1 Å². The van der Waals surface area contributed by atoms with E-state index < -0.39 is 5.60 Å². The molecule has 0 fully saturated rings. The molecule has 0 spiro atoms. The number of hydrogen-bond acceptors (Lipinski definition) is 4. The summed E-state index contributed by atoms with van der Waals surface area (Å²) in [6.45, 7) is 13.9. The number of carbonyl (C=O) groups excluding carboxylic acids is 1. The van der Waals surface area contributed by atoms with Gasteiger partial charge in [0.05, 0.1) is 6.61 Å². The van der Waals surface area contributed by atoms with Crippen LogP contribution in [-0.4, -0.2) is 44.5 Å². The van der Waals surface area contributed by atoms with E-state index in [-0.39, 0.29) is 6.09 Å². The molecule has 20 heavy (non-hydrogen) atoms.